The Morgan fingerprint density at radius 2 is 1.95 bits per heavy atom. The lowest BCUT2D eigenvalue weighted by molar-refractivity contribution is 1.32. The van der Waals surface area contributed by atoms with Crippen molar-refractivity contribution in [1.82, 2.24) is 9.97 Å². The summed E-state index contributed by atoms with van der Waals surface area (Å²) >= 11 is 1.60. The van der Waals surface area contributed by atoms with E-state index in [0.29, 0.717) is 0 Å². The average Bonchev–Trinajstić information content (AvgIpc) is 2.98. The molecule has 4 heteroatoms. The zero-order chi connectivity index (χ0) is 13.8. The number of anilines is 2. The number of rotatable bonds is 4. The van der Waals surface area contributed by atoms with Gasteiger partial charge in [0.05, 0.1) is 10.6 Å². The normalized spacial score (nSPS) is 10.2. The highest BCUT2D eigenvalue weighted by atomic mass is 32.1. The molecule has 3 rings (SSSR count). The molecule has 0 saturated carbocycles. The Morgan fingerprint density at radius 3 is 2.70 bits per heavy atom. The number of hydrogen-bond donors (Lipinski definition) is 1. The van der Waals surface area contributed by atoms with E-state index in [4.69, 9.17) is 0 Å². The molecule has 0 fully saturated rings. The van der Waals surface area contributed by atoms with Crippen LogP contribution in [0.25, 0.3) is 16.5 Å². The maximum Gasteiger partial charge on any atom is 0.116 e. The molecule has 0 aliphatic rings. The number of thiazole rings is 1. The second-order valence-corrected chi connectivity index (χ2v) is 5.24. The van der Waals surface area contributed by atoms with E-state index in [-0.39, 0.29) is 0 Å². The fourth-order valence-electron chi connectivity index (χ4n) is 1.88. The highest BCUT2D eigenvalue weighted by molar-refractivity contribution is 7.16. The van der Waals surface area contributed by atoms with E-state index in [2.05, 4.69) is 21.9 Å². The number of benzene rings is 1. The number of nitrogens with one attached hydrogen (secondary N) is 1. The molecular weight excluding hydrogens is 266 g/mol. The van der Waals surface area contributed by atoms with E-state index in [0.717, 1.165) is 26.8 Å². The van der Waals surface area contributed by atoms with E-state index < -0.39 is 0 Å². The zero-order valence-corrected chi connectivity index (χ0v) is 11.6. The van der Waals surface area contributed by atoms with Gasteiger partial charge >= 0.3 is 0 Å². The quantitative estimate of drug-likeness (QED) is 0.759. The maximum absolute atomic E-state index is 4.30. The van der Waals surface area contributed by atoms with Crippen LogP contribution in [-0.4, -0.2) is 9.97 Å². The van der Waals surface area contributed by atoms with Crippen molar-refractivity contribution in [2.45, 2.75) is 0 Å². The first-order valence-corrected chi connectivity index (χ1v) is 7.03. The lowest BCUT2D eigenvalue weighted by Gasteiger charge is -2.10. The molecule has 3 nitrogen and oxygen atoms in total. The van der Waals surface area contributed by atoms with Gasteiger partial charge in [-0.3, -0.25) is 4.98 Å². The molecule has 0 aliphatic carbocycles. The van der Waals surface area contributed by atoms with Crippen molar-refractivity contribution in [2.24, 2.45) is 0 Å². The number of para-hydroxylation sites is 1. The monoisotopic (exact) mass is 279 g/mol. The lowest BCUT2D eigenvalue weighted by Crippen LogP contribution is -1.92. The summed E-state index contributed by atoms with van der Waals surface area (Å²) in [5, 5.41) is 4.32. The lowest BCUT2D eigenvalue weighted by atomic mass is 10.2. The summed E-state index contributed by atoms with van der Waals surface area (Å²) in [4.78, 5) is 9.59. The predicted molar refractivity (Wildman–Crippen MR) is 85.2 cm³/mol. The van der Waals surface area contributed by atoms with Gasteiger partial charge in [-0.25, -0.2) is 4.98 Å². The standard InChI is InChI=1S/C16H13N3S/c1-2-16-18-11-15(20-16)13-10-17-9-8-14(13)19-12-6-4-3-5-7-12/h2-11H,1H2,(H,17,19). The van der Waals surface area contributed by atoms with Crippen molar-refractivity contribution in [3.63, 3.8) is 0 Å². The Hall–Kier alpha value is -2.46. The van der Waals surface area contributed by atoms with Crippen LogP contribution < -0.4 is 5.32 Å². The molecule has 1 N–H and O–H groups in total. The SMILES string of the molecule is C=Cc1ncc(-c2cnccc2Nc2ccccc2)s1. The molecule has 0 unspecified atom stereocenters. The summed E-state index contributed by atoms with van der Waals surface area (Å²) in [6.07, 6.45) is 7.25. The Kier molecular flexibility index (Phi) is 3.56. The highest BCUT2D eigenvalue weighted by Crippen LogP contribution is 2.33. The first-order valence-electron chi connectivity index (χ1n) is 6.21. The van der Waals surface area contributed by atoms with Crippen LogP contribution in [0.5, 0.6) is 0 Å². The van der Waals surface area contributed by atoms with Crippen LogP contribution in [-0.2, 0) is 0 Å². The first-order chi connectivity index (χ1) is 9.86. The Balaban J connectivity index is 1.98. The molecule has 0 saturated heterocycles. The molecule has 1 aromatic carbocycles. The van der Waals surface area contributed by atoms with Crippen molar-refractivity contribution in [3.05, 3.63) is 66.6 Å². The van der Waals surface area contributed by atoms with Crippen molar-refractivity contribution < 1.29 is 0 Å². The third kappa shape index (κ3) is 2.60. The smallest absolute Gasteiger partial charge is 0.116 e. The number of nitrogens with zero attached hydrogens (tertiary/aromatic N) is 2. The highest BCUT2D eigenvalue weighted by Gasteiger charge is 2.08. The van der Waals surface area contributed by atoms with E-state index in [1.165, 1.54) is 0 Å². The first kappa shape index (κ1) is 12.6. The second kappa shape index (κ2) is 5.67. The maximum atomic E-state index is 4.30. The largest absolute Gasteiger partial charge is 0.355 e. The van der Waals surface area contributed by atoms with E-state index in [9.17, 15) is 0 Å². The number of pyridine rings is 1. The van der Waals surface area contributed by atoms with Crippen LogP contribution >= 0.6 is 11.3 Å². The topological polar surface area (TPSA) is 37.8 Å². The van der Waals surface area contributed by atoms with Crippen LogP contribution in [0.2, 0.25) is 0 Å². The van der Waals surface area contributed by atoms with Crippen molar-refractivity contribution in [1.29, 1.82) is 0 Å². The minimum atomic E-state index is 0.912. The summed E-state index contributed by atoms with van der Waals surface area (Å²) in [6, 6.07) is 12.0. The molecule has 2 heterocycles. The molecule has 0 radical (unpaired) electrons. The third-order valence-corrected chi connectivity index (χ3v) is 3.86. The Bertz CT molecular complexity index is 719. The van der Waals surface area contributed by atoms with E-state index >= 15 is 0 Å². The Labute approximate surface area is 121 Å². The van der Waals surface area contributed by atoms with Crippen molar-refractivity contribution in [3.8, 4) is 10.4 Å². The summed E-state index contributed by atoms with van der Waals surface area (Å²) in [6.45, 7) is 3.74. The molecule has 98 valence electrons. The van der Waals surface area contributed by atoms with Crippen LogP contribution in [0.15, 0.2) is 61.6 Å². The van der Waals surface area contributed by atoms with E-state index in [1.54, 1.807) is 23.6 Å². The molecule has 3 aromatic rings. The van der Waals surface area contributed by atoms with Gasteiger partial charge < -0.3 is 5.32 Å². The Morgan fingerprint density at radius 1 is 1.10 bits per heavy atom. The van der Waals surface area contributed by atoms with Gasteiger partial charge in [-0.05, 0) is 24.3 Å². The minimum Gasteiger partial charge on any atom is -0.355 e. The minimum absolute atomic E-state index is 0.912. The van der Waals surface area contributed by atoms with Gasteiger partial charge in [-0.2, -0.15) is 0 Å². The molecule has 2 aromatic heterocycles. The number of aromatic nitrogens is 2. The molecule has 0 bridgehead atoms. The van der Waals surface area contributed by atoms with Gasteiger partial charge in [0.1, 0.15) is 5.01 Å². The summed E-state index contributed by atoms with van der Waals surface area (Å²) in [7, 11) is 0. The number of hydrogen-bond acceptors (Lipinski definition) is 4. The molecule has 0 spiro atoms. The van der Waals surface area contributed by atoms with E-state index in [1.807, 2.05) is 48.8 Å². The summed E-state index contributed by atoms with van der Waals surface area (Å²) in [5.41, 5.74) is 3.11. The fourth-order valence-corrected chi connectivity index (χ4v) is 2.68. The van der Waals surface area contributed by atoms with Crippen LogP contribution in [0, 0.1) is 0 Å². The van der Waals surface area contributed by atoms with Crippen LogP contribution in [0.3, 0.4) is 0 Å². The zero-order valence-electron chi connectivity index (χ0n) is 10.8. The van der Waals surface area contributed by atoms with Gasteiger partial charge in [0.2, 0.25) is 0 Å². The predicted octanol–water partition coefficient (Wildman–Crippen LogP) is 4.59. The molecule has 0 amide bonds. The molecule has 0 atom stereocenters. The van der Waals surface area contributed by atoms with Crippen molar-refractivity contribution in [2.75, 3.05) is 5.32 Å². The fraction of sp³-hybridized carbons (Fsp3) is 0. The van der Waals surface area contributed by atoms with Gasteiger partial charge in [0.25, 0.3) is 0 Å². The van der Waals surface area contributed by atoms with Crippen LogP contribution in [0.4, 0.5) is 11.4 Å². The second-order valence-electron chi connectivity index (χ2n) is 4.18. The van der Waals surface area contributed by atoms with Gasteiger partial charge in [0.15, 0.2) is 0 Å². The summed E-state index contributed by atoms with van der Waals surface area (Å²) < 4.78 is 0. The van der Waals surface area contributed by atoms with Gasteiger partial charge in [0, 0.05) is 29.8 Å². The van der Waals surface area contributed by atoms with Crippen LogP contribution in [0.1, 0.15) is 5.01 Å². The third-order valence-electron chi connectivity index (χ3n) is 2.84. The van der Waals surface area contributed by atoms with Gasteiger partial charge in [-0.15, -0.1) is 11.3 Å². The molecule has 0 aliphatic heterocycles. The van der Waals surface area contributed by atoms with Crippen molar-refractivity contribution >= 4 is 28.8 Å². The summed E-state index contributed by atoms with van der Waals surface area (Å²) in [5.74, 6) is 0. The molecular formula is C16H13N3S. The van der Waals surface area contributed by atoms with Gasteiger partial charge in [-0.1, -0.05) is 24.8 Å². The molecule has 20 heavy (non-hydrogen) atoms. The average molecular weight is 279 g/mol.